The Hall–Kier alpha value is -3.92. The first-order valence-electron chi connectivity index (χ1n) is 11.6. The SMILES string of the molecule is CCOCc1nc(O)c(C(=O)N2CCC(c3ccc(F)cc3)C2)c(=O)n1-c1c(OC)cccc1OC. The fourth-order valence-corrected chi connectivity index (χ4v) is 4.42. The average molecular weight is 498 g/mol. The van der Waals surface area contributed by atoms with Gasteiger partial charge in [-0.3, -0.25) is 14.2 Å². The molecule has 1 aromatic heterocycles. The van der Waals surface area contributed by atoms with E-state index < -0.39 is 22.9 Å². The van der Waals surface area contributed by atoms with Gasteiger partial charge in [-0.05, 0) is 43.2 Å². The number of para-hydroxylation sites is 1. The Morgan fingerprint density at radius 1 is 1.14 bits per heavy atom. The Morgan fingerprint density at radius 3 is 2.42 bits per heavy atom. The van der Waals surface area contributed by atoms with Crippen molar-refractivity contribution in [3.8, 4) is 23.1 Å². The minimum atomic E-state index is -0.768. The van der Waals surface area contributed by atoms with E-state index in [2.05, 4.69) is 4.98 Å². The lowest BCUT2D eigenvalue weighted by atomic mass is 9.99. The summed E-state index contributed by atoms with van der Waals surface area (Å²) in [6.45, 7) is 2.74. The summed E-state index contributed by atoms with van der Waals surface area (Å²) < 4.78 is 30.9. The second-order valence-electron chi connectivity index (χ2n) is 8.30. The molecule has 1 unspecified atom stereocenters. The molecule has 0 aliphatic carbocycles. The van der Waals surface area contributed by atoms with Crippen LogP contribution >= 0.6 is 0 Å². The molecular weight excluding hydrogens is 469 g/mol. The number of rotatable bonds is 8. The minimum absolute atomic E-state index is 0.0154. The van der Waals surface area contributed by atoms with Crippen molar-refractivity contribution in [3.63, 3.8) is 0 Å². The van der Waals surface area contributed by atoms with Crippen molar-refractivity contribution in [2.24, 2.45) is 0 Å². The predicted molar refractivity (Wildman–Crippen MR) is 130 cm³/mol. The van der Waals surface area contributed by atoms with Gasteiger partial charge >= 0.3 is 0 Å². The number of carbonyl (C=O) groups excluding carboxylic acids is 1. The third kappa shape index (κ3) is 4.76. The van der Waals surface area contributed by atoms with Gasteiger partial charge in [0.15, 0.2) is 5.56 Å². The number of likely N-dealkylation sites (tertiary alicyclic amines) is 1. The van der Waals surface area contributed by atoms with Gasteiger partial charge in [-0.15, -0.1) is 0 Å². The van der Waals surface area contributed by atoms with Gasteiger partial charge in [0.2, 0.25) is 5.88 Å². The van der Waals surface area contributed by atoms with Crippen molar-refractivity contribution in [2.45, 2.75) is 25.9 Å². The van der Waals surface area contributed by atoms with E-state index in [-0.39, 0.29) is 29.9 Å². The molecule has 4 rings (SSSR count). The van der Waals surface area contributed by atoms with Crippen LogP contribution in [0.4, 0.5) is 4.39 Å². The fourth-order valence-electron chi connectivity index (χ4n) is 4.42. The number of aromatic hydroxyl groups is 1. The number of nitrogens with zero attached hydrogens (tertiary/aromatic N) is 3. The Morgan fingerprint density at radius 2 is 1.81 bits per heavy atom. The molecule has 0 bridgehead atoms. The Kier molecular flexibility index (Phi) is 7.54. The van der Waals surface area contributed by atoms with Crippen LogP contribution in [-0.4, -0.2) is 59.4 Å². The fraction of sp³-hybridized carbons (Fsp3) is 0.346. The predicted octanol–water partition coefficient (Wildman–Crippen LogP) is 3.26. The molecule has 10 heteroatoms. The Bertz CT molecular complexity index is 1290. The molecular formula is C26H28FN3O6. The topological polar surface area (TPSA) is 103 Å². The van der Waals surface area contributed by atoms with Gasteiger partial charge in [0, 0.05) is 25.6 Å². The smallest absolute Gasteiger partial charge is 0.275 e. The van der Waals surface area contributed by atoms with Gasteiger partial charge in [-0.25, -0.2) is 4.39 Å². The molecule has 2 aromatic carbocycles. The van der Waals surface area contributed by atoms with E-state index in [0.29, 0.717) is 37.6 Å². The van der Waals surface area contributed by atoms with E-state index >= 15 is 0 Å². The highest BCUT2D eigenvalue weighted by Gasteiger charge is 2.33. The molecule has 0 radical (unpaired) electrons. The molecule has 1 N–H and O–H groups in total. The summed E-state index contributed by atoms with van der Waals surface area (Å²) >= 11 is 0. The molecule has 0 saturated carbocycles. The van der Waals surface area contributed by atoms with Gasteiger partial charge in [-0.1, -0.05) is 18.2 Å². The monoisotopic (exact) mass is 497 g/mol. The van der Waals surface area contributed by atoms with Crippen molar-refractivity contribution in [1.82, 2.24) is 14.5 Å². The zero-order valence-corrected chi connectivity index (χ0v) is 20.4. The zero-order valence-electron chi connectivity index (χ0n) is 20.4. The summed E-state index contributed by atoms with van der Waals surface area (Å²) in [7, 11) is 2.90. The van der Waals surface area contributed by atoms with E-state index in [1.54, 1.807) is 37.3 Å². The molecule has 1 atom stereocenters. The number of hydrogen-bond acceptors (Lipinski definition) is 7. The molecule has 1 fully saturated rings. The summed E-state index contributed by atoms with van der Waals surface area (Å²) in [5.41, 5.74) is -0.0789. The number of carbonyl (C=O) groups is 1. The van der Waals surface area contributed by atoms with Gasteiger partial charge in [0.25, 0.3) is 11.5 Å². The molecule has 9 nitrogen and oxygen atoms in total. The van der Waals surface area contributed by atoms with Crippen LogP contribution < -0.4 is 15.0 Å². The standard InChI is InChI=1S/C26H28FN3O6/c1-4-36-15-21-28-24(31)22(26(33)30(21)23-19(34-2)6-5-7-20(23)35-3)25(32)29-13-12-17(14-29)16-8-10-18(27)11-9-16/h5-11,17,31H,4,12-15H2,1-3H3. The van der Waals surface area contributed by atoms with E-state index in [4.69, 9.17) is 14.2 Å². The summed E-state index contributed by atoms with van der Waals surface area (Å²) in [5.74, 6) is -0.937. The minimum Gasteiger partial charge on any atom is -0.494 e. The summed E-state index contributed by atoms with van der Waals surface area (Å²) in [6, 6.07) is 11.1. The number of methoxy groups -OCH3 is 2. The van der Waals surface area contributed by atoms with Crippen LogP contribution in [0.25, 0.3) is 5.69 Å². The van der Waals surface area contributed by atoms with E-state index in [0.717, 1.165) is 5.56 Å². The third-order valence-electron chi connectivity index (χ3n) is 6.23. The van der Waals surface area contributed by atoms with Gasteiger partial charge in [0.05, 0.1) is 14.2 Å². The Balaban J connectivity index is 1.78. The largest absolute Gasteiger partial charge is 0.494 e. The summed E-state index contributed by atoms with van der Waals surface area (Å²) in [4.78, 5) is 33.0. The van der Waals surface area contributed by atoms with Crippen molar-refractivity contribution in [1.29, 1.82) is 0 Å². The molecule has 190 valence electrons. The van der Waals surface area contributed by atoms with Crippen LogP contribution in [0, 0.1) is 5.82 Å². The number of ether oxygens (including phenoxy) is 3. The number of aromatic nitrogens is 2. The number of hydrogen-bond donors (Lipinski definition) is 1. The molecule has 3 aromatic rings. The lowest BCUT2D eigenvalue weighted by Gasteiger charge is -2.21. The summed E-state index contributed by atoms with van der Waals surface area (Å²) in [6.07, 6.45) is 0.641. The van der Waals surface area contributed by atoms with Crippen molar-refractivity contribution < 1.29 is 28.5 Å². The first-order valence-corrected chi connectivity index (χ1v) is 11.6. The number of benzene rings is 2. The maximum atomic E-state index is 13.8. The van der Waals surface area contributed by atoms with E-state index in [1.807, 2.05) is 0 Å². The molecule has 2 heterocycles. The zero-order chi connectivity index (χ0) is 25.8. The third-order valence-corrected chi connectivity index (χ3v) is 6.23. The number of halogens is 1. The maximum absolute atomic E-state index is 13.8. The summed E-state index contributed by atoms with van der Waals surface area (Å²) in [5, 5.41) is 10.7. The first-order chi connectivity index (χ1) is 17.4. The second-order valence-corrected chi connectivity index (χ2v) is 8.30. The second kappa shape index (κ2) is 10.8. The number of amides is 1. The highest BCUT2D eigenvalue weighted by atomic mass is 19.1. The van der Waals surface area contributed by atoms with Crippen molar-refractivity contribution in [2.75, 3.05) is 33.9 Å². The van der Waals surface area contributed by atoms with Crippen LogP contribution in [-0.2, 0) is 11.3 Å². The van der Waals surface area contributed by atoms with Gasteiger partial charge in [-0.2, -0.15) is 4.98 Å². The van der Waals surface area contributed by atoms with Crippen LogP contribution in [0.5, 0.6) is 17.4 Å². The lowest BCUT2D eigenvalue weighted by Crippen LogP contribution is -2.37. The highest BCUT2D eigenvalue weighted by Crippen LogP contribution is 2.33. The molecule has 1 aliphatic rings. The van der Waals surface area contributed by atoms with Crippen LogP contribution in [0.1, 0.15) is 41.0 Å². The van der Waals surface area contributed by atoms with Crippen molar-refractivity contribution >= 4 is 5.91 Å². The molecule has 1 amide bonds. The van der Waals surface area contributed by atoms with E-state index in [9.17, 15) is 19.1 Å². The van der Waals surface area contributed by atoms with Gasteiger partial charge < -0.3 is 24.2 Å². The Labute approximate surface area is 207 Å². The van der Waals surface area contributed by atoms with Gasteiger partial charge in [0.1, 0.15) is 35.4 Å². The van der Waals surface area contributed by atoms with Crippen LogP contribution in [0.15, 0.2) is 47.3 Å². The maximum Gasteiger partial charge on any atom is 0.275 e. The lowest BCUT2D eigenvalue weighted by molar-refractivity contribution is 0.0783. The van der Waals surface area contributed by atoms with E-state index in [1.165, 1.54) is 35.8 Å². The quantitative estimate of drug-likeness (QED) is 0.510. The van der Waals surface area contributed by atoms with Crippen LogP contribution in [0.3, 0.4) is 0 Å². The van der Waals surface area contributed by atoms with Crippen molar-refractivity contribution in [3.05, 3.63) is 75.6 Å². The molecule has 1 aliphatic heterocycles. The van der Waals surface area contributed by atoms with Crippen LogP contribution in [0.2, 0.25) is 0 Å². The molecule has 36 heavy (non-hydrogen) atoms. The first kappa shape index (κ1) is 25.2. The highest BCUT2D eigenvalue weighted by molar-refractivity contribution is 5.96. The molecule has 1 saturated heterocycles. The molecule has 0 spiro atoms. The average Bonchev–Trinajstić information content (AvgIpc) is 3.38. The normalized spacial score (nSPS) is 15.2.